The largest absolute Gasteiger partial charge is 0.351 e. The summed E-state index contributed by atoms with van der Waals surface area (Å²) in [6.07, 6.45) is 1.15. The molecule has 0 fully saturated rings. The van der Waals surface area contributed by atoms with E-state index in [-0.39, 0.29) is 5.91 Å². The highest BCUT2D eigenvalue weighted by Gasteiger charge is 2.09. The lowest BCUT2D eigenvalue weighted by atomic mass is 10.1. The first-order valence-corrected chi connectivity index (χ1v) is 7.64. The van der Waals surface area contributed by atoms with Crippen molar-refractivity contribution < 1.29 is 4.79 Å². The van der Waals surface area contributed by atoms with Crippen molar-refractivity contribution in [1.82, 2.24) is 10.2 Å². The van der Waals surface area contributed by atoms with Crippen molar-refractivity contribution in [2.24, 2.45) is 0 Å². The number of halogens is 1. The number of carbonyl (C=O) groups is 1. The van der Waals surface area contributed by atoms with Crippen LogP contribution in [0.5, 0.6) is 0 Å². The van der Waals surface area contributed by atoms with E-state index < -0.39 is 0 Å². The number of carbonyl (C=O) groups excluding carboxylic acids is 1. The summed E-state index contributed by atoms with van der Waals surface area (Å²) in [6, 6.07) is 5.77. The van der Waals surface area contributed by atoms with Gasteiger partial charge in [0.1, 0.15) is 0 Å². The van der Waals surface area contributed by atoms with Gasteiger partial charge in [0.15, 0.2) is 0 Å². The van der Waals surface area contributed by atoms with Gasteiger partial charge in [-0.05, 0) is 44.1 Å². The lowest BCUT2D eigenvalue weighted by Gasteiger charge is -2.19. The maximum atomic E-state index is 12.1. The molecule has 0 bridgehead atoms. The van der Waals surface area contributed by atoms with Crippen molar-refractivity contribution >= 4 is 21.8 Å². The molecule has 0 heterocycles. The molecular formula is C15H23BrN2O. The van der Waals surface area contributed by atoms with Crippen molar-refractivity contribution in [3.8, 4) is 0 Å². The summed E-state index contributed by atoms with van der Waals surface area (Å²) in [5.74, 6) is 0.00588. The van der Waals surface area contributed by atoms with E-state index in [1.54, 1.807) is 0 Å². The number of nitrogens with zero attached hydrogens (tertiary/aromatic N) is 1. The highest BCUT2D eigenvalue weighted by Crippen LogP contribution is 2.15. The molecule has 1 rings (SSSR count). The molecule has 3 nitrogen and oxygen atoms in total. The number of hydrogen-bond donors (Lipinski definition) is 1. The molecule has 106 valence electrons. The fourth-order valence-corrected chi connectivity index (χ4v) is 2.37. The number of amides is 1. The number of nitrogens with one attached hydrogen (secondary N) is 1. The fraction of sp³-hybridized carbons (Fsp3) is 0.533. The molecule has 0 spiro atoms. The van der Waals surface area contributed by atoms with Crippen molar-refractivity contribution in [2.45, 2.75) is 27.2 Å². The molecule has 0 radical (unpaired) electrons. The van der Waals surface area contributed by atoms with E-state index in [0.29, 0.717) is 6.54 Å². The average molecular weight is 327 g/mol. The Kier molecular flexibility index (Phi) is 7.10. The third-order valence-electron chi connectivity index (χ3n) is 3.14. The summed E-state index contributed by atoms with van der Waals surface area (Å²) in [4.78, 5) is 14.4. The Morgan fingerprint density at radius 1 is 1.32 bits per heavy atom. The maximum Gasteiger partial charge on any atom is 0.251 e. The van der Waals surface area contributed by atoms with Gasteiger partial charge >= 0.3 is 0 Å². The summed E-state index contributed by atoms with van der Waals surface area (Å²) in [5.41, 5.74) is 1.74. The molecule has 0 aliphatic heterocycles. The topological polar surface area (TPSA) is 32.3 Å². The van der Waals surface area contributed by atoms with E-state index in [1.807, 2.05) is 25.1 Å². The van der Waals surface area contributed by atoms with Gasteiger partial charge in [0.2, 0.25) is 0 Å². The van der Waals surface area contributed by atoms with Crippen LogP contribution in [0.1, 0.15) is 36.2 Å². The SMILES string of the molecule is CCCN(CC)CCNC(=O)c1cc(Br)ccc1C. The third kappa shape index (κ3) is 5.33. The van der Waals surface area contributed by atoms with Gasteiger partial charge in [-0.25, -0.2) is 0 Å². The molecule has 1 aromatic carbocycles. The zero-order valence-electron chi connectivity index (χ0n) is 12.0. The van der Waals surface area contributed by atoms with Gasteiger partial charge in [-0.1, -0.05) is 35.8 Å². The molecular weight excluding hydrogens is 304 g/mol. The van der Waals surface area contributed by atoms with E-state index in [1.165, 1.54) is 0 Å². The molecule has 0 saturated heterocycles. The van der Waals surface area contributed by atoms with E-state index in [4.69, 9.17) is 0 Å². The molecule has 0 saturated carbocycles. The van der Waals surface area contributed by atoms with Gasteiger partial charge < -0.3 is 10.2 Å². The number of aryl methyl sites for hydroxylation is 1. The van der Waals surface area contributed by atoms with Crippen LogP contribution in [0.4, 0.5) is 0 Å². The predicted molar refractivity (Wildman–Crippen MR) is 83.6 cm³/mol. The minimum absolute atomic E-state index is 0.00588. The Bertz CT molecular complexity index is 421. The monoisotopic (exact) mass is 326 g/mol. The van der Waals surface area contributed by atoms with Crippen molar-refractivity contribution in [2.75, 3.05) is 26.2 Å². The molecule has 0 unspecified atom stereocenters. The van der Waals surface area contributed by atoms with Crippen LogP contribution in [-0.2, 0) is 0 Å². The van der Waals surface area contributed by atoms with Crippen LogP contribution in [0.2, 0.25) is 0 Å². The fourth-order valence-electron chi connectivity index (χ4n) is 2.01. The molecule has 0 atom stereocenters. The standard InChI is InChI=1S/C15H23BrN2O/c1-4-9-18(5-2)10-8-17-15(19)14-11-13(16)7-6-12(14)3/h6-7,11H,4-5,8-10H2,1-3H3,(H,17,19). The zero-order valence-corrected chi connectivity index (χ0v) is 13.6. The summed E-state index contributed by atoms with van der Waals surface area (Å²) in [7, 11) is 0. The Morgan fingerprint density at radius 3 is 2.68 bits per heavy atom. The molecule has 19 heavy (non-hydrogen) atoms. The molecule has 0 aliphatic rings. The highest BCUT2D eigenvalue weighted by molar-refractivity contribution is 9.10. The lowest BCUT2D eigenvalue weighted by Crippen LogP contribution is -2.35. The van der Waals surface area contributed by atoms with E-state index >= 15 is 0 Å². The van der Waals surface area contributed by atoms with Crippen LogP contribution in [0.3, 0.4) is 0 Å². The van der Waals surface area contributed by atoms with Gasteiger partial charge in [-0.15, -0.1) is 0 Å². The average Bonchev–Trinajstić information content (AvgIpc) is 2.40. The Balaban J connectivity index is 2.49. The number of benzene rings is 1. The van der Waals surface area contributed by atoms with Crippen LogP contribution in [0, 0.1) is 6.92 Å². The molecule has 0 aliphatic carbocycles. The second kappa shape index (κ2) is 8.33. The van der Waals surface area contributed by atoms with Crippen LogP contribution < -0.4 is 5.32 Å². The third-order valence-corrected chi connectivity index (χ3v) is 3.64. The molecule has 4 heteroatoms. The van der Waals surface area contributed by atoms with Crippen LogP contribution in [-0.4, -0.2) is 37.0 Å². The van der Waals surface area contributed by atoms with Gasteiger partial charge in [0.25, 0.3) is 5.91 Å². The van der Waals surface area contributed by atoms with Gasteiger partial charge in [-0.2, -0.15) is 0 Å². The number of hydrogen-bond acceptors (Lipinski definition) is 2. The van der Waals surface area contributed by atoms with Crippen molar-refractivity contribution in [3.05, 3.63) is 33.8 Å². The van der Waals surface area contributed by atoms with Crippen molar-refractivity contribution in [1.29, 1.82) is 0 Å². The van der Waals surface area contributed by atoms with E-state index in [9.17, 15) is 4.79 Å². The smallest absolute Gasteiger partial charge is 0.251 e. The molecule has 1 N–H and O–H groups in total. The van der Waals surface area contributed by atoms with E-state index in [0.717, 1.165) is 41.7 Å². The maximum absolute atomic E-state index is 12.1. The Morgan fingerprint density at radius 2 is 2.05 bits per heavy atom. The van der Waals surface area contributed by atoms with Crippen LogP contribution >= 0.6 is 15.9 Å². The second-order valence-corrected chi connectivity index (χ2v) is 5.57. The van der Waals surface area contributed by atoms with Gasteiger partial charge in [0.05, 0.1) is 0 Å². The van der Waals surface area contributed by atoms with Crippen molar-refractivity contribution in [3.63, 3.8) is 0 Å². The molecule has 0 aromatic heterocycles. The van der Waals surface area contributed by atoms with Crippen LogP contribution in [0.15, 0.2) is 22.7 Å². The van der Waals surface area contributed by atoms with Gasteiger partial charge in [0, 0.05) is 23.1 Å². The highest BCUT2D eigenvalue weighted by atomic mass is 79.9. The summed E-state index contributed by atoms with van der Waals surface area (Å²) in [5, 5.41) is 2.99. The number of rotatable bonds is 7. The summed E-state index contributed by atoms with van der Waals surface area (Å²) < 4.78 is 0.935. The lowest BCUT2D eigenvalue weighted by molar-refractivity contribution is 0.0948. The Hall–Kier alpha value is -0.870. The first-order chi connectivity index (χ1) is 9.08. The zero-order chi connectivity index (χ0) is 14.3. The first kappa shape index (κ1) is 16.2. The second-order valence-electron chi connectivity index (χ2n) is 4.65. The van der Waals surface area contributed by atoms with Crippen LogP contribution in [0.25, 0.3) is 0 Å². The normalized spacial score (nSPS) is 10.8. The quantitative estimate of drug-likeness (QED) is 0.834. The molecule has 1 amide bonds. The number of likely N-dealkylation sites (N-methyl/N-ethyl adjacent to an activating group) is 1. The summed E-state index contributed by atoms with van der Waals surface area (Å²) >= 11 is 3.40. The minimum Gasteiger partial charge on any atom is -0.351 e. The minimum atomic E-state index is 0.00588. The van der Waals surface area contributed by atoms with Gasteiger partial charge in [-0.3, -0.25) is 4.79 Å². The summed E-state index contributed by atoms with van der Waals surface area (Å²) in [6.45, 7) is 9.99. The predicted octanol–water partition coefficient (Wildman–Crippen LogP) is 3.22. The first-order valence-electron chi connectivity index (χ1n) is 6.85. The van der Waals surface area contributed by atoms with E-state index in [2.05, 4.69) is 40.0 Å². The molecule has 1 aromatic rings. The Labute approximate surface area is 124 Å².